The largest absolute Gasteiger partial charge is 0.370 e. The van der Waals surface area contributed by atoms with Gasteiger partial charge in [0.2, 0.25) is 5.91 Å². The lowest BCUT2D eigenvalue weighted by atomic mass is 9.74. The fourth-order valence-electron chi connectivity index (χ4n) is 2.74. The molecule has 2 rings (SSSR count). The van der Waals surface area contributed by atoms with Crippen LogP contribution in [0.5, 0.6) is 0 Å². The van der Waals surface area contributed by atoms with Gasteiger partial charge in [0.05, 0.1) is 5.41 Å². The normalized spacial score (nSPS) is 23.9. The number of Topliss-reactive ketones (excluding diaryl/α,β-unsaturated/α-hetero) is 1. The van der Waals surface area contributed by atoms with Gasteiger partial charge in [-0.05, 0) is 24.8 Å². The molecule has 1 atom stereocenters. The second-order valence-electron chi connectivity index (χ2n) is 4.69. The van der Waals surface area contributed by atoms with Crippen molar-refractivity contribution in [3.63, 3.8) is 0 Å². The van der Waals surface area contributed by atoms with E-state index < -0.39 is 5.41 Å². The highest BCUT2D eigenvalue weighted by molar-refractivity contribution is 5.92. The third kappa shape index (κ3) is 2.23. The summed E-state index contributed by atoms with van der Waals surface area (Å²) in [5.74, 6) is -0.0787. The molecular formula is C14H17NO2. The van der Waals surface area contributed by atoms with Crippen molar-refractivity contribution in [3.05, 3.63) is 35.9 Å². The van der Waals surface area contributed by atoms with Gasteiger partial charge in [-0.2, -0.15) is 0 Å². The minimum Gasteiger partial charge on any atom is -0.370 e. The maximum atomic E-state index is 12.2. The van der Waals surface area contributed by atoms with Gasteiger partial charge in [-0.25, -0.2) is 0 Å². The zero-order valence-electron chi connectivity index (χ0n) is 9.82. The standard InChI is InChI=1S/C14H17NO2/c15-13(17)8-10-14(9-4-7-12(14)16)11-5-2-1-3-6-11/h1-3,5-6H,4,7-10H2,(H2,15,17). The number of rotatable bonds is 4. The topological polar surface area (TPSA) is 60.2 Å². The zero-order valence-corrected chi connectivity index (χ0v) is 9.82. The first-order valence-corrected chi connectivity index (χ1v) is 6.02. The second kappa shape index (κ2) is 4.70. The van der Waals surface area contributed by atoms with E-state index in [0.717, 1.165) is 18.4 Å². The number of carbonyl (C=O) groups is 2. The van der Waals surface area contributed by atoms with E-state index >= 15 is 0 Å². The van der Waals surface area contributed by atoms with Crippen molar-refractivity contribution >= 4 is 11.7 Å². The third-order valence-corrected chi connectivity index (χ3v) is 3.67. The van der Waals surface area contributed by atoms with Gasteiger partial charge in [0.1, 0.15) is 5.78 Å². The molecule has 0 heterocycles. The predicted molar refractivity (Wildman–Crippen MR) is 65.4 cm³/mol. The lowest BCUT2D eigenvalue weighted by Gasteiger charge is -2.27. The Bertz CT molecular complexity index is 427. The van der Waals surface area contributed by atoms with Gasteiger partial charge in [0.25, 0.3) is 0 Å². The van der Waals surface area contributed by atoms with E-state index in [1.54, 1.807) is 0 Å². The minimum absolute atomic E-state index is 0.255. The Labute approximate surface area is 101 Å². The summed E-state index contributed by atoms with van der Waals surface area (Å²) in [6, 6.07) is 9.76. The number of carbonyl (C=O) groups excluding carboxylic acids is 2. The van der Waals surface area contributed by atoms with Crippen molar-refractivity contribution in [2.24, 2.45) is 5.73 Å². The number of primary amides is 1. The summed E-state index contributed by atoms with van der Waals surface area (Å²) in [7, 11) is 0. The molecular weight excluding hydrogens is 214 g/mol. The third-order valence-electron chi connectivity index (χ3n) is 3.67. The van der Waals surface area contributed by atoms with Gasteiger partial charge >= 0.3 is 0 Å². The van der Waals surface area contributed by atoms with Crippen LogP contribution in [0, 0.1) is 0 Å². The Morgan fingerprint density at radius 1 is 1.29 bits per heavy atom. The number of amides is 1. The van der Waals surface area contributed by atoms with Crippen LogP contribution >= 0.6 is 0 Å². The Balaban J connectivity index is 2.31. The minimum atomic E-state index is -0.462. The van der Waals surface area contributed by atoms with E-state index in [2.05, 4.69) is 0 Å². The van der Waals surface area contributed by atoms with Gasteiger partial charge < -0.3 is 5.73 Å². The van der Waals surface area contributed by atoms with Crippen LogP contribution in [0.25, 0.3) is 0 Å². The highest BCUT2D eigenvalue weighted by atomic mass is 16.1. The summed E-state index contributed by atoms with van der Waals surface area (Å²) < 4.78 is 0. The number of nitrogens with two attached hydrogens (primary N) is 1. The predicted octanol–water partition coefficient (Wildman–Crippen LogP) is 1.94. The van der Waals surface area contributed by atoms with Crippen LogP contribution in [0.2, 0.25) is 0 Å². The number of benzene rings is 1. The smallest absolute Gasteiger partial charge is 0.217 e. The van der Waals surface area contributed by atoms with E-state index in [4.69, 9.17) is 5.73 Å². The van der Waals surface area contributed by atoms with Crippen LogP contribution < -0.4 is 5.73 Å². The fraction of sp³-hybridized carbons (Fsp3) is 0.429. The van der Waals surface area contributed by atoms with E-state index in [9.17, 15) is 9.59 Å². The molecule has 1 aliphatic carbocycles. The van der Waals surface area contributed by atoms with E-state index in [-0.39, 0.29) is 18.1 Å². The SMILES string of the molecule is NC(=O)CCC1(c2ccccc2)CCCC1=O. The first-order valence-electron chi connectivity index (χ1n) is 6.02. The number of hydrogen-bond donors (Lipinski definition) is 1. The maximum Gasteiger partial charge on any atom is 0.217 e. The van der Waals surface area contributed by atoms with E-state index in [1.807, 2.05) is 30.3 Å². The summed E-state index contributed by atoms with van der Waals surface area (Å²) in [5.41, 5.74) is 5.77. The molecule has 1 aromatic rings. The Morgan fingerprint density at radius 3 is 2.53 bits per heavy atom. The Morgan fingerprint density at radius 2 is 2.00 bits per heavy atom. The molecule has 0 radical (unpaired) electrons. The lowest BCUT2D eigenvalue weighted by molar-refractivity contribution is -0.123. The Kier molecular flexibility index (Phi) is 3.27. The van der Waals surface area contributed by atoms with Crippen molar-refractivity contribution in [2.75, 3.05) is 0 Å². The van der Waals surface area contributed by atoms with Gasteiger partial charge in [0, 0.05) is 12.8 Å². The molecule has 1 amide bonds. The highest BCUT2D eigenvalue weighted by Gasteiger charge is 2.42. The monoisotopic (exact) mass is 231 g/mol. The van der Waals surface area contributed by atoms with Gasteiger partial charge in [-0.1, -0.05) is 30.3 Å². The van der Waals surface area contributed by atoms with E-state index in [0.29, 0.717) is 12.8 Å². The molecule has 1 aromatic carbocycles. The molecule has 0 aliphatic heterocycles. The summed E-state index contributed by atoms with van der Waals surface area (Å²) in [4.78, 5) is 23.1. The van der Waals surface area contributed by atoms with Crippen molar-refractivity contribution in [1.82, 2.24) is 0 Å². The van der Waals surface area contributed by atoms with Crippen LogP contribution in [0.4, 0.5) is 0 Å². The molecule has 0 bridgehead atoms. The van der Waals surface area contributed by atoms with Gasteiger partial charge in [-0.15, -0.1) is 0 Å². The molecule has 0 aromatic heterocycles. The van der Waals surface area contributed by atoms with Gasteiger partial charge in [-0.3, -0.25) is 9.59 Å². The summed E-state index contributed by atoms with van der Waals surface area (Å²) in [6.07, 6.45) is 3.19. The summed E-state index contributed by atoms with van der Waals surface area (Å²) >= 11 is 0. The summed E-state index contributed by atoms with van der Waals surface area (Å²) in [5, 5.41) is 0. The molecule has 3 nitrogen and oxygen atoms in total. The molecule has 90 valence electrons. The first kappa shape index (κ1) is 11.8. The summed E-state index contributed by atoms with van der Waals surface area (Å²) in [6.45, 7) is 0. The van der Waals surface area contributed by atoms with Crippen molar-refractivity contribution in [1.29, 1.82) is 0 Å². The lowest BCUT2D eigenvalue weighted by Crippen LogP contribution is -2.32. The van der Waals surface area contributed by atoms with Gasteiger partial charge in [0.15, 0.2) is 0 Å². The Hall–Kier alpha value is -1.64. The molecule has 1 aliphatic rings. The molecule has 17 heavy (non-hydrogen) atoms. The average Bonchev–Trinajstić information content (AvgIpc) is 2.70. The maximum absolute atomic E-state index is 12.2. The van der Waals surface area contributed by atoms with E-state index in [1.165, 1.54) is 0 Å². The molecule has 0 saturated heterocycles. The quantitative estimate of drug-likeness (QED) is 0.860. The van der Waals surface area contributed by atoms with Crippen molar-refractivity contribution in [3.8, 4) is 0 Å². The highest BCUT2D eigenvalue weighted by Crippen LogP contribution is 2.41. The fourth-order valence-corrected chi connectivity index (χ4v) is 2.74. The molecule has 1 saturated carbocycles. The second-order valence-corrected chi connectivity index (χ2v) is 4.69. The molecule has 1 unspecified atom stereocenters. The van der Waals surface area contributed by atoms with Crippen LogP contribution in [-0.2, 0) is 15.0 Å². The molecule has 3 heteroatoms. The molecule has 2 N–H and O–H groups in total. The van der Waals surface area contributed by atoms with Crippen LogP contribution in [0.15, 0.2) is 30.3 Å². The van der Waals surface area contributed by atoms with Crippen molar-refractivity contribution < 1.29 is 9.59 Å². The number of ketones is 1. The molecule has 1 fully saturated rings. The number of hydrogen-bond acceptors (Lipinski definition) is 2. The van der Waals surface area contributed by atoms with Crippen LogP contribution in [0.3, 0.4) is 0 Å². The van der Waals surface area contributed by atoms with Crippen molar-refractivity contribution in [2.45, 2.75) is 37.5 Å². The molecule has 0 spiro atoms. The average molecular weight is 231 g/mol. The zero-order chi connectivity index (χ0) is 12.3. The first-order chi connectivity index (χ1) is 8.15. The van der Waals surface area contributed by atoms with Crippen LogP contribution in [-0.4, -0.2) is 11.7 Å². The van der Waals surface area contributed by atoms with Crippen LogP contribution in [0.1, 0.15) is 37.7 Å².